The Morgan fingerprint density at radius 1 is 0.917 bits per heavy atom. The van der Waals surface area contributed by atoms with Gasteiger partial charge in [-0.2, -0.15) is 0 Å². The van der Waals surface area contributed by atoms with Gasteiger partial charge < -0.3 is 19.3 Å². The highest BCUT2D eigenvalue weighted by atomic mass is 19.1. The van der Waals surface area contributed by atoms with Gasteiger partial charge in [0.15, 0.2) is 12.5 Å². The molecule has 128 valence electrons. The van der Waals surface area contributed by atoms with Gasteiger partial charge in [0.25, 0.3) is 0 Å². The normalized spacial score (nSPS) is 26.6. The van der Waals surface area contributed by atoms with Gasteiger partial charge in [-0.05, 0) is 11.1 Å². The second-order valence-corrected chi connectivity index (χ2v) is 5.77. The zero-order chi connectivity index (χ0) is 16.8. The average molecular weight is 332 g/mol. The Hall–Kier alpha value is -1.79. The zero-order valence-electron chi connectivity index (χ0n) is 13.3. The molecule has 0 radical (unpaired) electrons. The molecule has 2 aromatic rings. The first-order valence-corrected chi connectivity index (χ1v) is 7.99. The second kappa shape index (κ2) is 8.35. The van der Waals surface area contributed by atoms with Crippen LogP contribution in [0, 0.1) is 0 Å². The summed E-state index contributed by atoms with van der Waals surface area (Å²) in [7, 11) is 0. The van der Waals surface area contributed by atoms with Crippen molar-refractivity contribution in [2.45, 2.75) is 37.9 Å². The van der Waals surface area contributed by atoms with Crippen molar-refractivity contribution in [2.75, 3.05) is 6.61 Å². The van der Waals surface area contributed by atoms with Gasteiger partial charge in [0.1, 0.15) is 12.2 Å². The topological polar surface area (TPSA) is 47.9 Å². The maximum atomic E-state index is 14.1. The Morgan fingerprint density at radius 2 is 1.50 bits per heavy atom. The van der Waals surface area contributed by atoms with Crippen LogP contribution in [0.25, 0.3) is 0 Å². The summed E-state index contributed by atoms with van der Waals surface area (Å²) < 4.78 is 30.6. The first kappa shape index (κ1) is 17.0. The van der Waals surface area contributed by atoms with Crippen LogP contribution in [0.15, 0.2) is 60.7 Å². The number of hydrogen-bond acceptors (Lipinski definition) is 4. The molecule has 0 aromatic heterocycles. The number of rotatable bonds is 7. The quantitative estimate of drug-likeness (QED) is 0.847. The van der Waals surface area contributed by atoms with E-state index in [1.165, 1.54) is 0 Å². The molecular weight excluding hydrogens is 311 g/mol. The number of aliphatic hydroxyl groups is 1. The fourth-order valence-electron chi connectivity index (χ4n) is 2.67. The van der Waals surface area contributed by atoms with Crippen molar-refractivity contribution in [3.05, 3.63) is 71.8 Å². The third-order valence-electron chi connectivity index (χ3n) is 3.95. The van der Waals surface area contributed by atoms with Crippen LogP contribution in [-0.4, -0.2) is 36.4 Å². The van der Waals surface area contributed by atoms with E-state index in [4.69, 9.17) is 14.2 Å². The smallest absolute Gasteiger partial charge is 0.189 e. The largest absolute Gasteiger partial charge is 0.374 e. The van der Waals surface area contributed by atoms with E-state index < -0.39 is 24.7 Å². The molecule has 1 aliphatic rings. The van der Waals surface area contributed by atoms with Gasteiger partial charge >= 0.3 is 0 Å². The van der Waals surface area contributed by atoms with E-state index in [2.05, 4.69) is 0 Å². The van der Waals surface area contributed by atoms with Gasteiger partial charge in [-0.1, -0.05) is 60.7 Å². The highest BCUT2D eigenvalue weighted by Gasteiger charge is 2.45. The molecule has 1 aliphatic heterocycles. The van der Waals surface area contributed by atoms with Crippen molar-refractivity contribution in [1.29, 1.82) is 0 Å². The third kappa shape index (κ3) is 4.39. The molecule has 5 heteroatoms. The lowest BCUT2D eigenvalue weighted by Gasteiger charge is -2.20. The number of aliphatic hydroxyl groups excluding tert-OH is 1. The van der Waals surface area contributed by atoms with E-state index in [0.29, 0.717) is 6.61 Å². The van der Waals surface area contributed by atoms with Gasteiger partial charge in [0.05, 0.1) is 19.8 Å². The maximum absolute atomic E-state index is 14.1. The van der Waals surface area contributed by atoms with E-state index in [9.17, 15) is 9.50 Å². The summed E-state index contributed by atoms with van der Waals surface area (Å²) in [6, 6.07) is 19.2. The molecule has 4 atom stereocenters. The molecular formula is C19H21FO4. The third-order valence-corrected chi connectivity index (χ3v) is 3.95. The monoisotopic (exact) mass is 332 g/mol. The fraction of sp³-hybridized carbons (Fsp3) is 0.368. The lowest BCUT2D eigenvalue weighted by Crippen LogP contribution is -2.34. The Kier molecular flexibility index (Phi) is 5.93. The predicted molar refractivity (Wildman–Crippen MR) is 86.9 cm³/mol. The first-order valence-electron chi connectivity index (χ1n) is 7.99. The average Bonchev–Trinajstić information content (AvgIpc) is 2.89. The minimum Gasteiger partial charge on any atom is -0.374 e. The molecule has 0 spiro atoms. The standard InChI is InChI=1S/C19H21FO4/c20-17-18(23-12-15-9-5-2-6-10-15)16(24-19(17)21)13-22-11-14-7-3-1-4-8-14/h1-10,16-19,21H,11-13H2/t16-,17+,18+,19-/m0/s1. The van der Waals surface area contributed by atoms with Crippen LogP contribution in [0.5, 0.6) is 0 Å². The van der Waals surface area contributed by atoms with Gasteiger partial charge in [-0.3, -0.25) is 0 Å². The summed E-state index contributed by atoms with van der Waals surface area (Å²) >= 11 is 0. The lowest BCUT2D eigenvalue weighted by molar-refractivity contribution is -0.129. The minimum absolute atomic E-state index is 0.159. The van der Waals surface area contributed by atoms with Crippen LogP contribution >= 0.6 is 0 Å². The minimum atomic E-state index is -1.58. The molecule has 24 heavy (non-hydrogen) atoms. The molecule has 0 saturated carbocycles. The number of ether oxygens (including phenoxy) is 3. The molecule has 1 heterocycles. The van der Waals surface area contributed by atoms with E-state index in [1.807, 2.05) is 60.7 Å². The lowest BCUT2D eigenvalue weighted by atomic mass is 10.1. The number of halogens is 1. The van der Waals surface area contributed by atoms with Gasteiger partial charge in [0.2, 0.25) is 0 Å². The summed E-state index contributed by atoms with van der Waals surface area (Å²) in [5.74, 6) is 0. The fourth-order valence-corrected chi connectivity index (χ4v) is 2.67. The molecule has 1 N–H and O–H groups in total. The predicted octanol–water partition coefficient (Wildman–Crippen LogP) is 2.84. The molecule has 2 aromatic carbocycles. The van der Waals surface area contributed by atoms with Crippen LogP contribution in [0.2, 0.25) is 0 Å². The van der Waals surface area contributed by atoms with Crippen LogP contribution in [0.1, 0.15) is 11.1 Å². The highest BCUT2D eigenvalue weighted by Crippen LogP contribution is 2.26. The molecule has 0 aliphatic carbocycles. The van der Waals surface area contributed by atoms with Crippen LogP contribution in [0.4, 0.5) is 4.39 Å². The highest BCUT2D eigenvalue weighted by molar-refractivity contribution is 5.14. The number of alkyl halides is 1. The molecule has 4 nitrogen and oxygen atoms in total. The Balaban J connectivity index is 1.52. The van der Waals surface area contributed by atoms with Crippen molar-refractivity contribution in [3.8, 4) is 0 Å². The Labute approximate surface area is 140 Å². The summed E-state index contributed by atoms with van der Waals surface area (Å²) in [6.45, 7) is 0.822. The van der Waals surface area contributed by atoms with E-state index in [-0.39, 0.29) is 13.2 Å². The number of hydrogen-bond donors (Lipinski definition) is 1. The van der Waals surface area contributed by atoms with Crippen molar-refractivity contribution in [3.63, 3.8) is 0 Å². The van der Waals surface area contributed by atoms with Crippen molar-refractivity contribution in [2.24, 2.45) is 0 Å². The van der Waals surface area contributed by atoms with Gasteiger partial charge in [-0.25, -0.2) is 4.39 Å². The van der Waals surface area contributed by atoms with Gasteiger partial charge in [0, 0.05) is 0 Å². The molecule has 1 saturated heterocycles. The van der Waals surface area contributed by atoms with E-state index >= 15 is 0 Å². The van der Waals surface area contributed by atoms with Crippen molar-refractivity contribution < 1.29 is 23.7 Å². The SMILES string of the molecule is O[C@H]1O[C@@H](COCc2ccccc2)[C@@H](OCc2ccccc2)[C@H]1F. The van der Waals surface area contributed by atoms with Crippen LogP contribution in [0.3, 0.4) is 0 Å². The molecule has 0 bridgehead atoms. The van der Waals surface area contributed by atoms with E-state index in [0.717, 1.165) is 11.1 Å². The Morgan fingerprint density at radius 3 is 2.12 bits per heavy atom. The van der Waals surface area contributed by atoms with E-state index in [1.54, 1.807) is 0 Å². The molecule has 1 fully saturated rings. The second-order valence-electron chi connectivity index (χ2n) is 5.77. The molecule has 3 rings (SSSR count). The Bertz CT molecular complexity index is 607. The first-order chi connectivity index (χ1) is 11.7. The van der Waals surface area contributed by atoms with Crippen LogP contribution < -0.4 is 0 Å². The van der Waals surface area contributed by atoms with Crippen molar-refractivity contribution in [1.82, 2.24) is 0 Å². The van der Waals surface area contributed by atoms with Crippen molar-refractivity contribution >= 4 is 0 Å². The summed E-state index contributed by atoms with van der Waals surface area (Å²) in [5.41, 5.74) is 1.96. The number of benzene rings is 2. The summed E-state index contributed by atoms with van der Waals surface area (Å²) in [5, 5.41) is 9.62. The summed E-state index contributed by atoms with van der Waals surface area (Å²) in [4.78, 5) is 0. The molecule has 0 unspecified atom stereocenters. The summed E-state index contributed by atoms with van der Waals surface area (Å²) in [6.07, 6.45) is -4.55. The maximum Gasteiger partial charge on any atom is 0.189 e. The van der Waals surface area contributed by atoms with Crippen LogP contribution in [-0.2, 0) is 27.4 Å². The van der Waals surface area contributed by atoms with Gasteiger partial charge in [-0.15, -0.1) is 0 Å². The zero-order valence-corrected chi connectivity index (χ0v) is 13.3. The molecule has 0 amide bonds.